The number of alkyl carbamates (subject to hydrolysis) is 1. The number of aromatic carboxylic acids is 1. The molecule has 0 aliphatic heterocycles. The molecular weight excluding hydrogens is 526 g/mol. The zero-order valence-electron chi connectivity index (χ0n) is 18.1. The summed E-state index contributed by atoms with van der Waals surface area (Å²) in [5.41, 5.74) is 3.67. The lowest BCUT2D eigenvalue weighted by Crippen LogP contribution is -2.45. The number of carbonyl (C=O) groups is 3. The van der Waals surface area contributed by atoms with Crippen LogP contribution in [0.3, 0.4) is 0 Å². The smallest absolute Gasteiger partial charge is 0.407 e. The highest BCUT2D eigenvalue weighted by Crippen LogP contribution is 2.44. The number of benzene rings is 3. The standard InChI is InChI=1S/C25H19BrF2N2O5/c26-21-10-9-14(11-19(21)22(31)32)30-23(33)25(27,28)13-29-24(34)35-12-20-17-7-3-1-5-15(17)16-6-2-4-8-18(16)20/h1-11,20H,12-13H2,(H,29,34)(H,30,33)(H,31,32). The number of ether oxygens (including phenoxy) is 1. The van der Waals surface area contributed by atoms with Crippen molar-refractivity contribution in [2.45, 2.75) is 11.8 Å². The number of rotatable bonds is 7. The van der Waals surface area contributed by atoms with Crippen LogP contribution in [0, 0.1) is 0 Å². The minimum atomic E-state index is -3.97. The van der Waals surface area contributed by atoms with Crippen molar-refractivity contribution in [3.8, 4) is 11.1 Å². The van der Waals surface area contributed by atoms with Crippen molar-refractivity contribution in [1.29, 1.82) is 0 Å². The van der Waals surface area contributed by atoms with Crippen LogP contribution in [0.4, 0.5) is 19.3 Å². The molecule has 2 amide bonds. The Labute approximate surface area is 207 Å². The summed E-state index contributed by atoms with van der Waals surface area (Å²) in [7, 11) is 0. The molecule has 0 atom stereocenters. The fourth-order valence-electron chi connectivity index (χ4n) is 3.90. The van der Waals surface area contributed by atoms with Gasteiger partial charge in [0.15, 0.2) is 0 Å². The summed E-state index contributed by atoms with van der Waals surface area (Å²) in [6, 6.07) is 19.0. The number of nitrogens with one attached hydrogen (secondary N) is 2. The molecule has 35 heavy (non-hydrogen) atoms. The van der Waals surface area contributed by atoms with E-state index in [-0.39, 0.29) is 28.2 Å². The lowest BCUT2D eigenvalue weighted by atomic mass is 9.98. The Morgan fingerprint density at radius 3 is 2.17 bits per heavy atom. The molecule has 0 saturated carbocycles. The Hall–Kier alpha value is -3.79. The highest BCUT2D eigenvalue weighted by molar-refractivity contribution is 9.10. The highest BCUT2D eigenvalue weighted by Gasteiger charge is 2.39. The van der Waals surface area contributed by atoms with Gasteiger partial charge >= 0.3 is 18.0 Å². The van der Waals surface area contributed by atoms with Crippen LogP contribution in [-0.2, 0) is 9.53 Å². The summed E-state index contributed by atoms with van der Waals surface area (Å²) in [5, 5.41) is 13.0. The van der Waals surface area contributed by atoms with Crippen LogP contribution in [0.5, 0.6) is 0 Å². The number of carboxylic acid groups (broad SMARTS) is 1. The lowest BCUT2D eigenvalue weighted by molar-refractivity contribution is -0.138. The van der Waals surface area contributed by atoms with E-state index in [9.17, 15) is 23.2 Å². The normalized spacial score (nSPS) is 12.4. The van der Waals surface area contributed by atoms with Gasteiger partial charge in [-0.1, -0.05) is 48.5 Å². The van der Waals surface area contributed by atoms with Gasteiger partial charge in [-0.15, -0.1) is 0 Å². The number of alkyl halides is 2. The third-order valence-electron chi connectivity index (χ3n) is 5.59. The number of halogens is 3. The average molecular weight is 545 g/mol. The maximum Gasteiger partial charge on any atom is 0.407 e. The largest absolute Gasteiger partial charge is 0.478 e. The van der Waals surface area contributed by atoms with Gasteiger partial charge in [0, 0.05) is 16.1 Å². The van der Waals surface area contributed by atoms with Crippen LogP contribution in [0.1, 0.15) is 27.4 Å². The third kappa shape index (κ3) is 5.17. The van der Waals surface area contributed by atoms with Crippen molar-refractivity contribution in [3.63, 3.8) is 0 Å². The molecule has 3 N–H and O–H groups in total. The third-order valence-corrected chi connectivity index (χ3v) is 6.28. The Balaban J connectivity index is 1.34. The van der Waals surface area contributed by atoms with E-state index in [1.165, 1.54) is 12.1 Å². The number of carbonyl (C=O) groups excluding carboxylic acids is 2. The van der Waals surface area contributed by atoms with Crippen molar-refractivity contribution in [2.24, 2.45) is 0 Å². The first-order valence-electron chi connectivity index (χ1n) is 10.5. The topological polar surface area (TPSA) is 105 Å². The van der Waals surface area contributed by atoms with E-state index in [0.717, 1.165) is 28.3 Å². The Bertz CT molecular complexity index is 1270. The summed E-state index contributed by atoms with van der Waals surface area (Å²) in [4.78, 5) is 35.4. The molecule has 7 nitrogen and oxygen atoms in total. The molecule has 1 aliphatic rings. The van der Waals surface area contributed by atoms with Crippen molar-refractivity contribution in [3.05, 3.63) is 87.9 Å². The van der Waals surface area contributed by atoms with E-state index in [4.69, 9.17) is 9.84 Å². The zero-order valence-corrected chi connectivity index (χ0v) is 19.6. The number of fused-ring (bicyclic) bond motifs is 3. The van der Waals surface area contributed by atoms with E-state index in [2.05, 4.69) is 15.9 Å². The average Bonchev–Trinajstić information content (AvgIpc) is 3.16. The number of carboxylic acids is 1. The van der Waals surface area contributed by atoms with Crippen molar-refractivity contribution in [2.75, 3.05) is 18.5 Å². The van der Waals surface area contributed by atoms with E-state index < -0.39 is 30.4 Å². The van der Waals surface area contributed by atoms with E-state index in [0.29, 0.717) is 0 Å². The van der Waals surface area contributed by atoms with E-state index in [1.807, 2.05) is 59.2 Å². The number of hydrogen-bond acceptors (Lipinski definition) is 4. The first-order chi connectivity index (χ1) is 16.7. The lowest BCUT2D eigenvalue weighted by Gasteiger charge is -2.18. The van der Waals surface area contributed by atoms with Crippen LogP contribution in [0.15, 0.2) is 71.2 Å². The first-order valence-corrected chi connectivity index (χ1v) is 11.3. The Kier molecular flexibility index (Phi) is 6.83. The minimum absolute atomic E-state index is 0.0610. The SMILES string of the molecule is O=C(NCC(F)(F)C(=O)Nc1ccc(Br)c(C(=O)O)c1)OCC1c2ccccc2-c2ccccc21. The van der Waals surface area contributed by atoms with E-state index >= 15 is 0 Å². The second-order valence-electron chi connectivity index (χ2n) is 7.84. The Morgan fingerprint density at radius 2 is 1.57 bits per heavy atom. The molecule has 3 aromatic carbocycles. The number of anilines is 1. The van der Waals surface area contributed by atoms with Crippen molar-refractivity contribution in [1.82, 2.24) is 5.32 Å². The molecule has 10 heteroatoms. The molecule has 4 rings (SSSR count). The minimum Gasteiger partial charge on any atom is -0.478 e. The molecule has 0 unspecified atom stereocenters. The van der Waals surface area contributed by atoms with Crippen LogP contribution in [0.2, 0.25) is 0 Å². The molecule has 180 valence electrons. The van der Waals surface area contributed by atoms with Crippen LogP contribution < -0.4 is 10.6 Å². The van der Waals surface area contributed by atoms with E-state index in [1.54, 1.807) is 0 Å². The fraction of sp³-hybridized carbons (Fsp3) is 0.160. The predicted octanol–water partition coefficient (Wildman–Crippen LogP) is 5.26. The molecule has 0 heterocycles. The van der Waals surface area contributed by atoms with Gasteiger partial charge in [-0.05, 0) is 56.4 Å². The summed E-state index contributed by atoms with van der Waals surface area (Å²) in [5.74, 6) is -7.20. The van der Waals surface area contributed by atoms with Gasteiger partial charge in [-0.2, -0.15) is 8.78 Å². The molecule has 0 aromatic heterocycles. The van der Waals surface area contributed by atoms with Gasteiger partial charge in [0.25, 0.3) is 5.91 Å². The number of amides is 2. The van der Waals surface area contributed by atoms with Crippen molar-refractivity contribution >= 4 is 39.6 Å². The van der Waals surface area contributed by atoms with Gasteiger partial charge in [-0.25, -0.2) is 9.59 Å². The summed E-state index contributed by atoms with van der Waals surface area (Å²) in [6.07, 6.45) is -1.09. The number of hydrogen-bond donors (Lipinski definition) is 3. The molecule has 1 aliphatic carbocycles. The monoisotopic (exact) mass is 544 g/mol. The molecule has 0 spiro atoms. The second-order valence-corrected chi connectivity index (χ2v) is 8.69. The van der Waals surface area contributed by atoms with Gasteiger partial charge in [-0.3, -0.25) is 4.79 Å². The molecular formula is C25H19BrF2N2O5. The first kappa shape index (κ1) is 24.3. The van der Waals surface area contributed by atoms with Crippen molar-refractivity contribution < 1.29 is 33.0 Å². The van der Waals surface area contributed by atoms with Gasteiger partial charge in [0.05, 0.1) is 12.1 Å². The molecule has 0 radical (unpaired) electrons. The van der Waals surface area contributed by atoms with Crippen LogP contribution in [-0.4, -0.2) is 42.2 Å². The quantitative estimate of drug-likeness (QED) is 0.376. The molecule has 3 aromatic rings. The summed E-state index contributed by atoms with van der Waals surface area (Å²) >= 11 is 3.03. The molecule has 0 bridgehead atoms. The Morgan fingerprint density at radius 1 is 0.971 bits per heavy atom. The summed E-state index contributed by atoms with van der Waals surface area (Å²) < 4.78 is 34.1. The fourth-order valence-corrected chi connectivity index (χ4v) is 4.32. The maximum atomic E-state index is 14.3. The van der Waals surface area contributed by atoms with Gasteiger partial charge < -0.3 is 20.5 Å². The second kappa shape index (κ2) is 9.83. The maximum absolute atomic E-state index is 14.3. The van der Waals surface area contributed by atoms with Crippen LogP contribution >= 0.6 is 15.9 Å². The zero-order chi connectivity index (χ0) is 25.2. The van der Waals surface area contributed by atoms with Crippen LogP contribution in [0.25, 0.3) is 11.1 Å². The highest BCUT2D eigenvalue weighted by atomic mass is 79.9. The summed E-state index contributed by atoms with van der Waals surface area (Å²) in [6.45, 7) is -1.35. The predicted molar refractivity (Wildman–Crippen MR) is 128 cm³/mol. The molecule has 0 saturated heterocycles. The van der Waals surface area contributed by atoms with Gasteiger partial charge in [0.2, 0.25) is 0 Å². The van der Waals surface area contributed by atoms with Gasteiger partial charge in [0.1, 0.15) is 6.61 Å². The molecule has 0 fully saturated rings.